The summed E-state index contributed by atoms with van der Waals surface area (Å²) in [4.78, 5) is 27.2. The molecule has 6 heteroatoms. The van der Waals surface area contributed by atoms with Gasteiger partial charge in [-0.2, -0.15) is 0 Å². The van der Waals surface area contributed by atoms with Crippen LogP contribution in [0, 0.1) is 0 Å². The largest absolute Gasteiger partial charge is 0.468 e. The monoisotopic (exact) mass is 271 g/mol. The average molecular weight is 271 g/mol. The number of piperazine rings is 1. The molecule has 6 nitrogen and oxygen atoms in total. The van der Waals surface area contributed by atoms with Gasteiger partial charge in [-0.3, -0.25) is 14.5 Å². The van der Waals surface area contributed by atoms with Crippen LogP contribution in [0.3, 0.4) is 0 Å². The molecule has 0 aromatic heterocycles. The highest BCUT2D eigenvalue weighted by atomic mass is 16.5. The molecular formula is C13H25N3O3. The summed E-state index contributed by atoms with van der Waals surface area (Å²) < 4.78 is 4.63. The van der Waals surface area contributed by atoms with E-state index in [1.165, 1.54) is 7.11 Å². The van der Waals surface area contributed by atoms with Crippen LogP contribution >= 0.6 is 0 Å². The predicted molar refractivity (Wildman–Crippen MR) is 72.5 cm³/mol. The van der Waals surface area contributed by atoms with Gasteiger partial charge < -0.3 is 15.4 Å². The molecule has 0 aromatic rings. The fraction of sp³-hybridized carbons (Fsp3) is 0.846. The zero-order chi connectivity index (χ0) is 14.5. The number of amides is 1. The van der Waals surface area contributed by atoms with Gasteiger partial charge in [0.15, 0.2) is 0 Å². The van der Waals surface area contributed by atoms with E-state index in [0.717, 1.165) is 6.42 Å². The second kappa shape index (κ2) is 6.86. The molecule has 1 unspecified atom stereocenters. The molecule has 1 saturated heterocycles. The normalized spacial score (nSPS) is 19.9. The Morgan fingerprint density at radius 2 is 1.84 bits per heavy atom. The molecule has 1 rings (SSSR count). The van der Waals surface area contributed by atoms with E-state index in [1.807, 2.05) is 11.8 Å². The first kappa shape index (κ1) is 15.9. The third-order valence-electron chi connectivity index (χ3n) is 3.50. The smallest absolute Gasteiger partial charge is 0.319 e. The zero-order valence-electron chi connectivity index (χ0n) is 12.1. The van der Waals surface area contributed by atoms with Gasteiger partial charge in [0, 0.05) is 26.2 Å². The maximum Gasteiger partial charge on any atom is 0.319 e. The summed E-state index contributed by atoms with van der Waals surface area (Å²) in [6.45, 7) is 6.70. The van der Waals surface area contributed by atoms with Crippen molar-refractivity contribution in [1.29, 1.82) is 0 Å². The predicted octanol–water partition coefficient (Wildman–Crippen LogP) is -0.179. The van der Waals surface area contributed by atoms with Crippen LogP contribution in [-0.2, 0) is 14.3 Å². The number of nitrogens with zero attached hydrogens (tertiary/aromatic N) is 2. The van der Waals surface area contributed by atoms with Gasteiger partial charge in [-0.25, -0.2) is 0 Å². The Morgan fingerprint density at radius 1 is 1.26 bits per heavy atom. The topological polar surface area (TPSA) is 75.9 Å². The van der Waals surface area contributed by atoms with Crippen molar-refractivity contribution in [2.75, 3.05) is 39.8 Å². The number of hydrogen-bond donors (Lipinski definition) is 1. The molecule has 1 amide bonds. The fourth-order valence-corrected chi connectivity index (χ4v) is 2.34. The van der Waals surface area contributed by atoms with Crippen LogP contribution in [0.25, 0.3) is 0 Å². The highest BCUT2D eigenvalue weighted by Crippen LogP contribution is 2.14. The van der Waals surface area contributed by atoms with E-state index in [-0.39, 0.29) is 18.4 Å². The van der Waals surface area contributed by atoms with Gasteiger partial charge in [-0.15, -0.1) is 0 Å². The molecule has 19 heavy (non-hydrogen) atoms. The molecule has 0 aromatic carbocycles. The third kappa shape index (κ3) is 4.47. The molecule has 1 aliphatic heterocycles. The number of carbonyl (C=O) groups excluding carboxylic acids is 2. The molecule has 0 saturated carbocycles. The summed E-state index contributed by atoms with van der Waals surface area (Å²) in [7, 11) is 1.38. The number of carbonyl (C=O) groups is 2. The number of esters is 1. The van der Waals surface area contributed by atoms with E-state index in [1.54, 1.807) is 11.8 Å². The van der Waals surface area contributed by atoms with Gasteiger partial charge in [0.05, 0.1) is 19.2 Å². The summed E-state index contributed by atoms with van der Waals surface area (Å²) in [6, 6.07) is 0. The number of hydrogen-bond acceptors (Lipinski definition) is 5. The Morgan fingerprint density at radius 3 is 2.32 bits per heavy atom. The van der Waals surface area contributed by atoms with Crippen molar-refractivity contribution in [1.82, 2.24) is 9.80 Å². The third-order valence-corrected chi connectivity index (χ3v) is 3.50. The van der Waals surface area contributed by atoms with E-state index in [9.17, 15) is 9.59 Å². The molecule has 2 N–H and O–H groups in total. The van der Waals surface area contributed by atoms with Crippen molar-refractivity contribution in [3.63, 3.8) is 0 Å². The molecule has 0 bridgehead atoms. The molecule has 1 fully saturated rings. The lowest BCUT2D eigenvalue weighted by Gasteiger charge is -2.38. The number of nitrogens with two attached hydrogens (primary N) is 1. The first-order chi connectivity index (χ1) is 8.90. The van der Waals surface area contributed by atoms with Crippen LogP contribution in [0.15, 0.2) is 0 Å². The standard InChI is InChI=1S/C13H25N3O3/c1-4-5-13(2,14)12(18)16-8-6-15(7-9-16)10-11(17)19-3/h4-10,14H2,1-3H3. The van der Waals surface area contributed by atoms with Crippen LogP contribution in [0.4, 0.5) is 0 Å². The minimum atomic E-state index is -0.779. The molecule has 0 spiro atoms. The number of ether oxygens (including phenoxy) is 1. The van der Waals surface area contributed by atoms with Gasteiger partial charge in [0.1, 0.15) is 0 Å². The van der Waals surface area contributed by atoms with E-state index in [4.69, 9.17) is 5.73 Å². The van der Waals surface area contributed by atoms with Crippen LogP contribution in [0.5, 0.6) is 0 Å². The zero-order valence-corrected chi connectivity index (χ0v) is 12.1. The number of methoxy groups -OCH3 is 1. The van der Waals surface area contributed by atoms with E-state index < -0.39 is 5.54 Å². The van der Waals surface area contributed by atoms with Gasteiger partial charge in [-0.05, 0) is 13.3 Å². The van der Waals surface area contributed by atoms with Crippen molar-refractivity contribution in [3.05, 3.63) is 0 Å². The molecule has 1 atom stereocenters. The second-order valence-corrected chi connectivity index (χ2v) is 5.31. The maximum absolute atomic E-state index is 12.3. The van der Waals surface area contributed by atoms with Crippen molar-refractivity contribution in [3.8, 4) is 0 Å². The Hall–Kier alpha value is -1.14. The molecule has 0 aliphatic carbocycles. The van der Waals surface area contributed by atoms with Crippen LogP contribution in [0.2, 0.25) is 0 Å². The van der Waals surface area contributed by atoms with E-state index >= 15 is 0 Å². The molecule has 1 aliphatic rings. The molecule has 110 valence electrons. The SMILES string of the molecule is CCCC(C)(N)C(=O)N1CCN(CC(=O)OC)CC1. The van der Waals surface area contributed by atoms with Gasteiger partial charge >= 0.3 is 5.97 Å². The summed E-state index contributed by atoms with van der Waals surface area (Å²) in [6.07, 6.45) is 1.58. The lowest BCUT2D eigenvalue weighted by Crippen LogP contribution is -2.58. The molecular weight excluding hydrogens is 246 g/mol. The van der Waals surface area contributed by atoms with Gasteiger partial charge in [0.25, 0.3) is 0 Å². The van der Waals surface area contributed by atoms with E-state index in [2.05, 4.69) is 4.74 Å². The minimum absolute atomic E-state index is 0.00654. The average Bonchev–Trinajstić information content (AvgIpc) is 2.38. The van der Waals surface area contributed by atoms with Crippen LogP contribution in [-0.4, -0.2) is 67.0 Å². The summed E-state index contributed by atoms with van der Waals surface area (Å²) in [5.74, 6) is -0.235. The van der Waals surface area contributed by atoms with Crippen molar-refractivity contribution < 1.29 is 14.3 Å². The first-order valence-electron chi connectivity index (χ1n) is 6.78. The summed E-state index contributed by atoms with van der Waals surface area (Å²) >= 11 is 0. The van der Waals surface area contributed by atoms with Crippen molar-refractivity contribution >= 4 is 11.9 Å². The fourth-order valence-electron chi connectivity index (χ4n) is 2.34. The Labute approximate surface area is 114 Å². The van der Waals surface area contributed by atoms with E-state index in [0.29, 0.717) is 32.6 Å². The molecule has 0 radical (unpaired) electrons. The maximum atomic E-state index is 12.3. The Bertz CT molecular complexity index is 323. The number of rotatable bonds is 5. The lowest BCUT2D eigenvalue weighted by atomic mass is 9.95. The summed E-state index contributed by atoms with van der Waals surface area (Å²) in [5, 5.41) is 0. The highest BCUT2D eigenvalue weighted by molar-refractivity contribution is 5.85. The van der Waals surface area contributed by atoms with Crippen molar-refractivity contribution in [2.45, 2.75) is 32.2 Å². The van der Waals surface area contributed by atoms with Crippen LogP contribution < -0.4 is 5.73 Å². The minimum Gasteiger partial charge on any atom is -0.468 e. The Kier molecular flexibility index (Phi) is 5.75. The van der Waals surface area contributed by atoms with Crippen LogP contribution in [0.1, 0.15) is 26.7 Å². The first-order valence-corrected chi connectivity index (χ1v) is 6.78. The van der Waals surface area contributed by atoms with Gasteiger partial charge in [-0.1, -0.05) is 13.3 Å². The van der Waals surface area contributed by atoms with Gasteiger partial charge in [0.2, 0.25) is 5.91 Å². The quantitative estimate of drug-likeness (QED) is 0.702. The summed E-state index contributed by atoms with van der Waals surface area (Å²) in [5.41, 5.74) is 5.28. The second-order valence-electron chi connectivity index (χ2n) is 5.31. The highest BCUT2D eigenvalue weighted by Gasteiger charge is 2.33. The lowest BCUT2D eigenvalue weighted by molar-refractivity contribution is -0.143. The Balaban J connectivity index is 2.45. The van der Waals surface area contributed by atoms with Crippen molar-refractivity contribution in [2.24, 2.45) is 5.73 Å². The molecule has 1 heterocycles.